The lowest BCUT2D eigenvalue weighted by atomic mass is 10.1. The van der Waals surface area contributed by atoms with Crippen molar-refractivity contribution in [1.29, 1.82) is 0 Å². The number of ether oxygens (including phenoxy) is 1. The molecular formula is C12H12BrClN2O2. The first-order chi connectivity index (χ1) is 8.65. The van der Waals surface area contributed by atoms with Gasteiger partial charge in [0.05, 0.1) is 18.7 Å². The Balaban J connectivity index is 2.39. The fourth-order valence-corrected chi connectivity index (χ4v) is 2.43. The SMILES string of the molecule is COc1ccc(-c2nc(CCO)[nH]c2Br)cc1Cl. The van der Waals surface area contributed by atoms with E-state index in [1.54, 1.807) is 19.2 Å². The Kier molecular flexibility index (Phi) is 4.27. The maximum atomic E-state index is 8.89. The number of imidazole rings is 1. The van der Waals surface area contributed by atoms with Gasteiger partial charge in [0.15, 0.2) is 0 Å². The molecule has 96 valence electrons. The number of nitrogens with one attached hydrogen (secondary N) is 1. The molecule has 0 saturated heterocycles. The molecule has 0 unspecified atom stereocenters. The number of rotatable bonds is 4. The first-order valence-corrected chi connectivity index (χ1v) is 6.52. The van der Waals surface area contributed by atoms with Crippen LogP contribution in [0.25, 0.3) is 11.3 Å². The van der Waals surface area contributed by atoms with E-state index in [2.05, 4.69) is 25.9 Å². The molecule has 0 atom stereocenters. The van der Waals surface area contributed by atoms with Crippen molar-refractivity contribution in [3.05, 3.63) is 33.6 Å². The van der Waals surface area contributed by atoms with Gasteiger partial charge in [0.1, 0.15) is 21.9 Å². The van der Waals surface area contributed by atoms with E-state index in [0.29, 0.717) is 17.2 Å². The van der Waals surface area contributed by atoms with Gasteiger partial charge in [-0.25, -0.2) is 4.98 Å². The number of hydrogen-bond acceptors (Lipinski definition) is 3. The van der Waals surface area contributed by atoms with Gasteiger partial charge in [-0.15, -0.1) is 0 Å². The first-order valence-electron chi connectivity index (χ1n) is 5.35. The lowest BCUT2D eigenvalue weighted by Gasteiger charge is -2.04. The summed E-state index contributed by atoms with van der Waals surface area (Å²) >= 11 is 9.49. The van der Waals surface area contributed by atoms with Crippen LogP contribution in [0.4, 0.5) is 0 Å². The molecule has 0 bridgehead atoms. The van der Waals surface area contributed by atoms with Crippen molar-refractivity contribution >= 4 is 27.5 Å². The lowest BCUT2D eigenvalue weighted by Crippen LogP contribution is -1.92. The average Bonchev–Trinajstić information content (AvgIpc) is 2.71. The molecular weight excluding hydrogens is 320 g/mol. The van der Waals surface area contributed by atoms with E-state index in [4.69, 9.17) is 21.4 Å². The van der Waals surface area contributed by atoms with Crippen molar-refractivity contribution in [2.45, 2.75) is 6.42 Å². The predicted molar refractivity (Wildman–Crippen MR) is 74.1 cm³/mol. The second-order valence-electron chi connectivity index (χ2n) is 3.67. The van der Waals surface area contributed by atoms with Crippen LogP contribution in [0.2, 0.25) is 5.02 Å². The number of aromatic nitrogens is 2. The van der Waals surface area contributed by atoms with Gasteiger partial charge in [0.25, 0.3) is 0 Å². The molecule has 0 aliphatic heterocycles. The number of aliphatic hydroxyl groups is 1. The van der Waals surface area contributed by atoms with Gasteiger partial charge in [0, 0.05) is 12.0 Å². The number of hydrogen-bond donors (Lipinski definition) is 2. The highest BCUT2D eigenvalue weighted by molar-refractivity contribution is 9.10. The van der Waals surface area contributed by atoms with Crippen LogP contribution in [0.15, 0.2) is 22.8 Å². The summed E-state index contributed by atoms with van der Waals surface area (Å²) in [7, 11) is 1.57. The summed E-state index contributed by atoms with van der Waals surface area (Å²) in [5.74, 6) is 1.36. The molecule has 0 spiro atoms. The lowest BCUT2D eigenvalue weighted by molar-refractivity contribution is 0.297. The Bertz CT molecular complexity index is 557. The quantitative estimate of drug-likeness (QED) is 0.905. The summed E-state index contributed by atoms with van der Waals surface area (Å²) in [6.45, 7) is 0.0583. The molecule has 0 amide bonds. The van der Waals surface area contributed by atoms with E-state index < -0.39 is 0 Å². The van der Waals surface area contributed by atoms with E-state index in [0.717, 1.165) is 21.7 Å². The summed E-state index contributed by atoms with van der Waals surface area (Å²) < 4.78 is 5.88. The molecule has 0 fully saturated rings. The Labute approximate surface area is 118 Å². The summed E-state index contributed by atoms with van der Waals surface area (Å²) in [5.41, 5.74) is 1.65. The molecule has 1 aromatic heterocycles. The van der Waals surface area contributed by atoms with Crippen LogP contribution >= 0.6 is 27.5 Å². The van der Waals surface area contributed by atoms with Crippen LogP contribution in [0.1, 0.15) is 5.82 Å². The summed E-state index contributed by atoms with van der Waals surface area (Å²) in [6.07, 6.45) is 0.489. The van der Waals surface area contributed by atoms with Gasteiger partial charge in [-0.2, -0.15) is 0 Å². The average molecular weight is 332 g/mol. The largest absolute Gasteiger partial charge is 0.495 e. The second-order valence-corrected chi connectivity index (χ2v) is 4.87. The molecule has 4 nitrogen and oxygen atoms in total. The van der Waals surface area contributed by atoms with Crippen LogP contribution in [-0.2, 0) is 6.42 Å². The van der Waals surface area contributed by atoms with E-state index in [1.807, 2.05) is 6.07 Å². The highest BCUT2D eigenvalue weighted by Crippen LogP contribution is 2.32. The third kappa shape index (κ3) is 2.68. The topological polar surface area (TPSA) is 58.1 Å². The normalized spacial score (nSPS) is 10.7. The fourth-order valence-electron chi connectivity index (χ4n) is 1.63. The van der Waals surface area contributed by atoms with Gasteiger partial charge in [-0.3, -0.25) is 0 Å². The molecule has 1 aromatic carbocycles. The number of halogens is 2. The summed E-state index contributed by atoms with van der Waals surface area (Å²) in [6, 6.07) is 5.48. The molecule has 0 aliphatic rings. The van der Waals surface area contributed by atoms with Crippen molar-refractivity contribution in [3.63, 3.8) is 0 Å². The molecule has 2 aromatic rings. The number of aliphatic hydroxyl groups excluding tert-OH is 1. The Hall–Kier alpha value is -1.04. The fraction of sp³-hybridized carbons (Fsp3) is 0.250. The maximum absolute atomic E-state index is 8.89. The van der Waals surface area contributed by atoms with Crippen LogP contribution in [0.5, 0.6) is 5.75 Å². The minimum absolute atomic E-state index is 0.0583. The third-order valence-electron chi connectivity index (χ3n) is 2.48. The molecule has 1 heterocycles. The summed E-state index contributed by atoms with van der Waals surface area (Å²) in [5, 5.41) is 9.43. The molecule has 2 N–H and O–H groups in total. The molecule has 2 rings (SSSR count). The molecule has 0 radical (unpaired) electrons. The second kappa shape index (κ2) is 5.73. The number of H-pyrrole nitrogens is 1. The van der Waals surface area contributed by atoms with Gasteiger partial charge in [-0.1, -0.05) is 11.6 Å². The Morgan fingerprint density at radius 3 is 2.89 bits per heavy atom. The number of nitrogens with zero attached hydrogens (tertiary/aromatic N) is 1. The molecule has 0 saturated carbocycles. The van der Waals surface area contributed by atoms with Crippen LogP contribution in [0.3, 0.4) is 0 Å². The first kappa shape index (κ1) is 13.4. The minimum atomic E-state index is 0.0583. The monoisotopic (exact) mass is 330 g/mol. The van der Waals surface area contributed by atoms with Gasteiger partial charge in [0.2, 0.25) is 0 Å². The van der Waals surface area contributed by atoms with Crippen molar-refractivity contribution in [3.8, 4) is 17.0 Å². The molecule has 6 heteroatoms. The maximum Gasteiger partial charge on any atom is 0.137 e. The molecule has 18 heavy (non-hydrogen) atoms. The standard InChI is InChI=1S/C12H12BrClN2O2/c1-18-9-3-2-7(6-8(9)14)11-12(13)16-10(15-11)4-5-17/h2-3,6,17H,4-5H2,1H3,(H,15,16). The molecule has 0 aliphatic carbocycles. The third-order valence-corrected chi connectivity index (χ3v) is 3.35. The zero-order valence-electron chi connectivity index (χ0n) is 9.70. The Morgan fingerprint density at radius 2 is 2.28 bits per heavy atom. The van der Waals surface area contributed by atoms with Crippen LogP contribution < -0.4 is 4.74 Å². The van der Waals surface area contributed by atoms with E-state index in [9.17, 15) is 0 Å². The van der Waals surface area contributed by atoms with Crippen molar-refractivity contribution < 1.29 is 9.84 Å². The van der Waals surface area contributed by atoms with Crippen LogP contribution in [-0.4, -0.2) is 28.8 Å². The van der Waals surface area contributed by atoms with Crippen LogP contribution in [0, 0.1) is 0 Å². The minimum Gasteiger partial charge on any atom is -0.495 e. The van der Waals surface area contributed by atoms with E-state index in [1.165, 1.54) is 0 Å². The van der Waals surface area contributed by atoms with Gasteiger partial charge < -0.3 is 14.8 Å². The van der Waals surface area contributed by atoms with Crippen molar-refractivity contribution in [1.82, 2.24) is 9.97 Å². The zero-order chi connectivity index (χ0) is 13.1. The number of methoxy groups -OCH3 is 1. The number of benzene rings is 1. The predicted octanol–water partition coefficient (Wildman–Crippen LogP) is 3.04. The van der Waals surface area contributed by atoms with Crippen molar-refractivity contribution in [2.24, 2.45) is 0 Å². The van der Waals surface area contributed by atoms with Crippen molar-refractivity contribution in [2.75, 3.05) is 13.7 Å². The highest BCUT2D eigenvalue weighted by atomic mass is 79.9. The number of aromatic amines is 1. The Morgan fingerprint density at radius 1 is 1.50 bits per heavy atom. The zero-order valence-corrected chi connectivity index (χ0v) is 12.0. The summed E-state index contributed by atoms with van der Waals surface area (Å²) in [4.78, 5) is 7.47. The smallest absolute Gasteiger partial charge is 0.137 e. The van der Waals surface area contributed by atoms with E-state index >= 15 is 0 Å². The van der Waals surface area contributed by atoms with Gasteiger partial charge >= 0.3 is 0 Å². The highest BCUT2D eigenvalue weighted by Gasteiger charge is 2.11. The van der Waals surface area contributed by atoms with Gasteiger partial charge in [-0.05, 0) is 34.1 Å². The van der Waals surface area contributed by atoms with E-state index in [-0.39, 0.29) is 6.61 Å².